The Balaban J connectivity index is 1.98. The first kappa shape index (κ1) is 15.8. The van der Waals surface area contributed by atoms with Crippen molar-refractivity contribution in [2.24, 2.45) is 18.0 Å². The number of aromatic nitrogens is 3. The van der Waals surface area contributed by atoms with E-state index >= 15 is 0 Å². The van der Waals surface area contributed by atoms with Crippen LogP contribution < -0.4 is 5.32 Å². The summed E-state index contributed by atoms with van der Waals surface area (Å²) < 4.78 is 1.76. The maximum atomic E-state index is 9.89. The first-order valence-corrected chi connectivity index (χ1v) is 7.62. The first-order valence-electron chi connectivity index (χ1n) is 7.62. The SMILES string of the molecule is CCNC(=NCC1CCCC1O)N(C)Cc1ncnn1C. The molecule has 118 valence electrons. The lowest BCUT2D eigenvalue weighted by atomic mass is 10.1. The predicted octanol–water partition coefficient (Wildman–Crippen LogP) is 0.373. The third-order valence-electron chi connectivity index (χ3n) is 3.97. The van der Waals surface area contributed by atoms with Crippen molar-refractivity contribution in [3.63, 3.8) is 0 Å². The number of nitrogens with one attached hydrogen (secondary N) is 1. The van der Waals surface area contributed by atoms with Crippen LogP contribution in [-0.2, 0) is 13.6 Å². The second kappa shape index (κ2) is 7.40. The first-order chi connectivity index (χ1) is 10.1. The average molecular weight is 294 g/mol. The zero-order chi connectivity index (χ0) is 15.2. The molecular weight excluding hydrogens is 268 g/mol. The summed E-state index contributed by atoms with van der Waals surface area (Å²) in [5.41, 5.74) is 0. The highest BCUT2D eigenvalue weighted by molar-refractivity contribution is 5.79. The van der Waals surface area contributed by atoms with E-state index in [0.29, 0.717) is 19.0 Å². The number of nitrogens with zero attached hydrogens (tertiary/aromatic N) is 5. The molecule has 7 nitrogen and oxygen atoms in total. The normalized spacial score (nSPS) is 22.6. The van der Waals surface area contributed by atoms with Crippen LogP contribution in [0.15, 0.2) is 11.3 Å². The molecule has 0 radical (unpaired) electrons. The van der Waals surface area contributed by atoms with Crippen LogP contribution in [0.3, 0.4) is 0 Å². The number of hydrogen-bond acceptors (Lipinski definition) is 4. The fourth-order valence-corrected chi connectivity index (χ4v) is 2.65. The summed E-state index contributed by atoms with van der Waals surface area (Å²) in [7, 11) is 3.87. The number of guanidine groups is 1. The summed E-state index contributed by atoms with van der Waals surface area (Å²) in [4.78, 5) is 10.9. The second-order valence-electron chi connectivity index (χ2n) is 5.61. The molecule has 1 fully saturated rings. The van der Waals surface area contributed by atoms with Gasteiger partial charge in [-0.1, -0.05) is 6.42 Å². The highest BCUT2D eigenvalue weighted by atomic mass is 16.3. The molecule has 0 amide bonds. The maximum Gasteiger partial charge on any atom is 0.194 e. The lowest BCUT2D eigenvalue weighted by molar-refractivity contribution is 0.136. The third-order valence-corrected chi connectivity index (χ3v) is 3.97. The zero-order valence-electron chi connectivity index (χ0n) is 13.2. The van der Waals surface area contributed by atoms with Crippen molar-refractivity contribution in [1.29, 1.82) is 0 Å². The Hall–Kier alpha value is -1.63. The molecule has 0 saturated heterocycles. The van der Waals surface area contributed by atoms with Gasteiger partial charge in [-0.15, -0.1) is 0 Å². The van der Waals surface area contributed by atoms with Crippen molar-refractivity contribution in [2.45, 2.75) is 38.8 Å². The Morgan fingerprint density at radius 1 is 1.57 bits per heavy atom. The average Bonchev–Trinajstić information content (AvgIpc) is 3.04. The summed E-state index contributed by atoms with van der Waals surface area (Å²) in [6.45, 7) is 4.19. The van der Waals surface area contributed by atoms with Gasteiger partial charge in [-0.05, 0) is 19.8 Å². The molecule has 2 rings (SSSR count). The molecule has 0 spiro atoms. The van der Waals surface area contributed by atoms with Gasteiger partial charge in [0.05, 0.1) is 12.6 Å². The molecule has 21 heavy (non-hydrogen) atoms. The minimum atomic E-state index is -0.194. The number of aliphatic hydroxyl groups is 1. The Morgan fingerprint density at radius 2 is 2.38 bits per heavy atom. The number of aliphatic imine (C=N–C) groups is 1. The minimum absolute atomic E-state index is 0.194. The molecule has 1 aromatic rings. The van der Waals surface area contributed by atoms with E-state index in [4.69, 9.17) is 0 Å². The quantitative estimate of drug-likeness (QED) is 0.606. The van der Waals surface area contributed by atoms with Crippen LogP contribution in [-0.4, -0.2) is 57.0 Å². The predicted molar refractivity (Wildman–Crippen MR) is 81.8 cm³/mol. The van der Waals surface area contributed by atoms with Crippen LogP contribution in [0.25, 0.3) is 0 Å². The molecule has 2 N–H and O–H groups in total. The van der Waals surface area contributed by atoms with E-state index in [-0.39, 0.29) is 6.10 Å². The molecule has 2 atom stereocenters. The summed E-state index contributed by atoms with van der Waals surface area (Å²) in [6, 6.07) is 0. The molecule has 0 aliphatic heterocycles. The van der Waals surface area contributed by atoms with Crippen molar-refractivity contribution in [1.82, 2.24) is 25.0 Å². The van der Waals surface area contributed by atoms with Gasteiger partial charge >= 0.3 is 0 Å². The van der Waals surface area contributed by atoms with Crippen molar-refractivity contribution >= 4 is 5.96 Å². The Bertz CT molecular complexity index is 472. The van der Waals surface area contributed by atoms with Gasteiger partial charge in [0.25, 0.3) is 0 Å². The largest absolute Gasteiger partial charge is 0.393 e. The van der Waals surface area contributed by atoms with Crippen LogP contribution in [0.2, 0.25) is 0 Å². The van der Waals surface area contributed by atoms with E-state index < -0.39 is 0 Å². The van der Waals surface area contributed by atoms with Crippen LogP contribution in [0.5, 0.6) is 0 Å². The second-order valence-corrected chi connectivity index (χ2v) is 5.61. The number of aryl methyl sites for hydroxylation is 1. The van der Waals surface area contributed by atoms with Gasteiger partial charge in [0, 0.05) is 33.1 Å². The number of rotatable bonds is 5. The van der Waals surface area contributed by atoms with Crippen LogP contribution >= 0.6 is 0 Å². The lowest BCUT2D eigenvalue weighted by Crippen LogP contribution is -2.39. The van der Waals surface area contributed by atoms with Gasteiger partial charge in [-0.25, -0.2) is 4.98 Å². The molecule has 0 bridgehead atoms. The third kappa shape index (κ3) is 4.17. The molecule has 7 heteroatoms. The molecule has 1 saturated carbocycles. The monoisotopic (exact) mass is 294 g/mol. The molecule has 1 aliphatic rings. The topological polar surface area (TPSA) is 78.6 Å². The van der Waals surface area contributed by atoms with Gasteiger partial charge in [0.15, 0.2) is 5.96 Å². The fraction of sp³-hybridized carbons (Fsp3) is 0.786. The van der Waals surface area contributed by atoms with Gasteiger partial charge in [-0.2, -0.15) is 5.10 Å². The van der Waals surface area contributed by atoms with Crippen LogP contribution in [0.4, 0.5) is 0 Å². The summed E-state index contributed by atoms with van der Waals surface area (Å²) in [5, 5.41) is 17.3. The molecular formula is C14H26N6O. The van der Waals surface area contributed by atoms with Gasteiger partial charge in [0.1, 0.15) is 12.2 Å². The Labute approximate surface area is 126 Å². The van der Waals surface area contributed by atoms with E-state index in [1.54, 1.807) is 11.0 Å². The van der Waals surface area contributed by atoms with Crippen molar-refractivity contribution in [3.05, 3.63) is 12.2 Å². The van der Waals surface area contributed by atoms with E-state index in [2.05, 4.69) is 27.3 Å². The molecule has 1 aromatic heterocycles. The van der Waals surface area contributed by atoms with E-state index in [0.717, 1.165) is 37.6 Å². The van der Waals surface area contributed by atoms with E-state index in [9.17, 15) is 5.11 Å². The Kier molecular flexibility index (Phi) is 5.55. The van der Waals surface area contributed by atoms with Crippen molar-refractivity contribution in [2.75, 3.05) is 20.1 Å². The standard InChI is InChI=1S/C14H26N6O/c1-4-15-14(16-8-11-6-5-7-12(11)21)19(2)9-13-17-10-18-20(13)3/h10-12,21H,4-9H2,1-3H3,(H,15,16). The smallest absolute Gasteiger partial charge is 0.194 e. The summed E-state index contributed by atoms with van der Waals surface area (Å²) in [6.07, 6.45) is 4.44. The highest BCUT2D eigenvalue weighted by Gasteiger charge is 2.25. The molecule has 1 aliphatic carbocycles. The molecule has 2 unspecified atom stereocenters. The van der Waals surface area contributed by atoms with E-state index in [1.807, 2.05) is 19.0 Å². The Morgan fingerprint density at radius 3 is 2.95 bits per heavy atom. The van der Waals surface area contributed by atoms with Crippen molar-refractivity contribution < 1.29 is 5.11 Å². The fourth-order valence-electron chi connectivity index (χ4n) is 2.65. The van der Waals surface area contributed by atoms with Crippen molar-refractivity contribution in [3.8, 4) is 0 Å². The molecule has 0 aromatic carbocycles. The number of hydrogen-bond donors (Lipinski definition) is 2. The van der Waals surface area contributed by atoms with Gasteiger partial charge in [0.2, 0.25) is 0 Å². The maximum absolute atomic E-state index is 9.89. The van der Waals surface area contributed by atoms with Crippen LogP contribution in [0, 0.1) is 5.92 Å². The number of aliphatic hydroxyl groups excluding tert-OH is 1. The summed E-state index contributed by atoms with van der Waals surface area (Å²) in [5.74, 6) is 2.03. The van der Waals surface area contributed by atoms with Gasteiger partial charge in [-0.3, -0.25) is 9.67 Å². The zero-order valence-corrected chi connectivity index (χ0v) is 13.2. The lowest BCUT2D eigenvalue weighted by Gasteiger charge is -2.22. The van der Waals surface area contributed by atoms with Crippen LogP contribution in [0.1, 0.15) is 32.0 Å². The van der Waals surface area contributed by atoms with E-state index in [1.165, 1.54) is 0 Å². The van der Waals surface area contributed by atoms with Gasteiger partial charge < -0.3 is 15.3 Å². The summed E-state index contributed by atoms with van der Waals surface area (Å²) >= 11 is 0. The minimum Gasteiger partial charge on any atom is -0.393 e. The molecule has 1 heterocycles. The highest BCUT2D eigenvalue weighted by Crippen LogP contribution is 2.25.